The predicted octanol–water partition coefficient (Wildman–Crippen LogP) is 1.26. The molecule has 4 nitrogen and oxygen atoms in total. The smallest absolute Gasteiger partial charge is 0.148 e. The zero-order valence-electron chi connectivity index (χ0n) is 7.94. The van der Waals surface area contributed by atoms with Crippen molar-refractivity contribution >= 4 is 11.4 Å². The van der Waals surface area contributed by atoms with Crippen LogP contribution in [0.5, 0.6) is 0 Å². The van der Waals surface area contributed by atoms with Crippen LogP contribution in [-0.2, 0) is 0 Å². The second kappa shape index (κ2) is 4.83. The number of hydrogen-bond acceptors (Lipinski definition) is 4. The van der Waals surface area contributed by atoms with Gasteiger partial charge < -0.3 is 10.6 Å². The van der Waals surface area contributed by atoms with Gasteiger partial charge in [0.15, 0.2) is 0 Å². The maximum Gasteiger partial charge on any atom is 0.148 e. The van der Waals surface area contributed by atoms with Gasteiger partial charge in [-0.25, -0.2) is 4.39 Å². The van der Waals surface area contributed by atoms with E-state index in [1.54, 1.807) is 0 Å². The van der Waals surface area contributed by atoms with Crippen LogP contribution in [0.25, 0.3) is 0 Å². The van der Waals surface area contributed by atoms with Gasteiger partial charge in [0.05, 0.1) is 17.8 Å². The standard InChI is InChI=1S/C10H9FN4/c11-9-7-8(14)1-2-10(9)15(5-3-12)6-4-13/h1-2,7H,5-6,14H2. The number of halogens is 1. The Hall–Kier alpha value is -2.27. The highest BCUT2D eigenvalue weighted by Crippen LogP contribution is 2.20. The fourth-order valence-corrected chi connectivity index (χ4v) is 1.18. The summed E-state index contributed by atoms with van der Waals surface area (Å²) in [6.45, 7) is -0.0667. The number of nitrogens with zero attached hydrogens (tertiary/aromatic N) is 3. The molecular weight excluding hydrogens is 195 g/mol. The van der Waals surface area contributed by atoms with Crippen LogP contribution in [0.15, 0.2) is 18.2 Å². The second-order valence-corrected chi connectivity index (χ2v) is 2.88. The minimum atomic E-state index is -0.527. The van der Waals surface area contributed by atoms with Crippen LogP contribution in [0.4, 0.5) is 15.8 Å². The molecule has 0 amide bonds. The van der Waals surface area contributed by atoms with Gasteiger partial charge in [-0.2, -0.15) is 10.5 Å². The van der Waals surface area contributed by atoms with Crippen molar-refractivity contribution in [3.8, 4) is 12.1 Å². The van der Waals surface area contributed by atoms with Gasteiger partial charge in [0.25, 0.3) is 0 Å². The van der Waals surface area contributed by atoms with Crippen LogP contribution < -0.4 is 10.6 Å². The van der Waals surface area contributed by atoms with E-state index in [-0.39, 0.29) is 18.8 Å². The quantitative estimate of drug-likeness (QED) is 0.594. The van der Waals surface area contributed by atoms with Gasteiger partial charge >= 0.3 is 0 Å². The van der Waals surface area contributed by atoms with Gasteiger partial charge in [0.1, 0.15) is 18.9 Å². The largest absolute Gasteiger partial charge is 0.399 e. The monoisotopic (exact) mass is 204 g/mol. The number of hydrogen-bond donors (Lipinski definition) is 1. The van der Waals surface area contributed by atoms with Gasteiger partial charge in [-0.15, -0.1) is 0 Å². The van der Waals surface area contributed by atoms with Gasteiger partial charge in [0.2, 0.25) is 0 Å². The van der Waals surface area contributed by atoms with E-state index in [0.717, 1.165) is 6.07 Å². The molecule has 0 heterocycles. The molecule has 1 aromatic carbocycles. The predicted molar refractivity (Wildman–Crippen MR) is 54.3 cm³/mol. The summed E-state index contributed by atoms with van der Waals surface area (Å²) in [6, 6.07) is 7.89. The normalized spacial score (nSPS) is 9.00. The highest BCUT2D eigenvalue weighted by molar-refractivity contribution is 5.55. The fraction of sp³-hybridized carbons (Fsp3) is 0.200. The van der Waals surface area contributed by atoms with Crippen molar-refractivity contribution in [3.05, 3.63) is 24.0 Å². The first-order valence-corrected chi connectivity index (χ1v) is 4.23. The molecule has 0 aliphatic heterocycles. The van der Waals surface area contributed by atoms with E-state index in [4.69, 9.17) is 16.3 Å². The molecule has 1 rings (SSSR count). The number of benzene rings is 1. The summed E-state index contributed by atoms with van der Waals surface area (Å²) >= 11 is 0. The molecule has 0 bridgehead atoms. The van der Waals surface area contributed by atoms with Crippen molar-refractivity contribution in [1.82, 2.24) is 0 Å². The van der Waals surface area contributed by atoms with Crippen molar-refractivity contribution in [1.29, 1.82) is 10.5 Å². The van der Waals surface area contributed by atoms with E-state index in [9.17, 15) is 4.39 Å². The van der Waals surface area contributed by atoms with Gasteiger partial charge in [0, 0.05) is 5.69 Å². The first-order valence-electron chi connectivity index (χ1n) is 4.23. The van der Waals surface area contributed by atoms with E-state index in [2.05, 4.69) is 0 Å². The Morgan fingerprint density at radius 3 is 2.33 bits per heavy atom. The first kappa shape index (κ1) is 10.8. The zero-order chi connectivity index (χ0) is 11.3. The molecule has 0 aliphatic rings. The lowest BCUT2D eigenvalue weighted by atomic mass is 10.2. The van der Waals surface area contributed by atoms with E-state index >= 15 is 0 Å². The minimum Gasteiger partial charge on any atom is -0.399 e. The van der Waals surface area contributed by atoms with E-state index < -0.39 is 5.82 Å². The van der Waals surface area contributed by atoms with Crippen LogP contribution >= 0.6 is 0 Å². The van der Waals surface area contributed by atoms with Crippen LogP contribution in [0.2, 0.25) is 0 Å². The molecule has 0 aliphatic carbocycles. The summed E-state index contributed by atoms with van der Waals surface area (Å²) in [7, 11) is 0. The van der Waals surface area contributed by atoms with Crippen molar-refractivity contribution in [3.63, 3.8) is 0 Å². The zero-order valence-corrected chi connectivity index (χ0v) is 7.94. The topological polar surface area (TPSA) is 76.8 Å². The van der Waals surface area contributed by atoms with Crippen LogP contribution in [0, 0.1) is 28.5 Å². The Kier molecular flexibility index (Phi) is 3.48. The summed E-state index contributed by atoms with van der Waals surface area (Å²) in [5.41, 5.74) is 5.91. The summed E-state index contributed by atoms with van der Waals surface area (Å²) < 4.78 is 13.4. The van der Waals surface area contributed by atoms with Crippen LogP contribution in [0.3, 0.4) is 0 Å². The molecule has 0 aromatic heterocycles. The molecule has 76 valence electrons. The molecule has 0 atom stereocenters. The lowest BCUT2D eigenvalue weighted by molar-refractivity contribution is 0.624. The van der Waals surface area contributed by atoms with Gasteiger partial charge in [-0.05, 0) is 18.2 Å². The molecule has 1 aromatic rings. The SMILES string of the molecule is N#CCN(CC#N)c1ccc(N)cc1F. The third kappa shape index (κ3) is 2.58. The maximum absolute atomic E-state index is 13.4. The number of nitrogen functional groups attached to an aromatic ring is 1. The molecule has 0 saturated heterocycles. The summed E-state index contributed by atoms with van der Waals surface area (Å²) in [6.07, 6.45) is 0. The molecule has 0 spiro atoms. The molecule has 0 unspecified atom stereocenters. The Bertz CT molecular complexity index is 414. The highest BCUT2D eigenvalue weighted by Gasteiger charge is 2.10. The van der Waals surface area contributed by atoms with E-state index in [0.29, 0.717) is 5.69 Å². The molecule has 15 heavy (non-hydrogen) atoms. The lowest BCUT2D eigenvalue weighted by Crippen LogP contribution is -2.24. The van der Waals surface area contributed by atoms with Crippen molar-refractivity contribution in [2.75, 3.05) is 23.7 Å². The number of anilines is 2. The van der Waals surface area contributed by atoms with Crippen LogP contribution in [0.1, 0.15) is 0 Å². The van der Waals surface area contributed by atoms with Crippen LogP contribution in [-0.4, -0.2) is 13.1 Å². The molecule has 2 N–H and O–H groups in total. The van der Waals surface area contributed by atoms with E-state index in [1.807, 2.05) is 12.1 Å². The summed E-state index contributed by atoms with van der Waals surface area (Å²) in [4.78, 5) is 1.34. The summed E-state index contributed by atoms with van der Waals surface area (Å²) in [5, 5.41) is 17.0. The molecule has 5 heteroatoms. The summed E-state index contributed by atoms with van der Waals surface area (Å²) in [5.74, 6) is -0.527. The Labute approximate surface area is 86.9 Å². The molecule has 0 radical (unpaired) electrons. The third-order valence-corrected chi connectivity index (χ3v) is 1.84. The van der Waals surface area contributed by atoms with Crippen molar-refractivity contribution < 1.29 is 4.39 Å². The van der Waals surface area contributed by atoms with Crippen molar-refractivity contribution in [2.24, 2.45) is 0 Å². The van der Waals surface area contributed by atoms with Gasteiger partial charge in [-0.1, -0.05) is 0 Å². The number of nitrogens with two attached hydrogens (primary N) is 1. The average Bonchev–Trinajstić information content (AvgIpc) is 2.17. The molecule has 0 fully saturated rings. The Balaban J connectivity index is 3.02. The number of rotatable bonds is 3. The third-order valence-electron chi connectivity index (χ3n) is 1.84. The minimum absolute atomic E-state index is 0.0333. The van der Waals surface area contributed by atoms with Crippen molar-refractivity contribution in [2.45, 2.75) is 0 Å². The Morgan fingerprint density at radius 1 is 1.27 bits per heavy atom. The number of nitriles is 2. The molecular formula is C10H9FN4. The first-order chi connectivity index (χ1) is 7.19. The molecule has 0 saturated carbocycles. The maximum atomic E-state index is 13.4. The van der Waals surface area contributed by atoms with E-state index in [1.165, 1.54) is 17.0 Å². The highest BCUT2D eigenvalue weighted by atomic mass is 19.1. The fourth-order valence-electron chi connectivity index (χ4n) is 1.18. The Morgan fingerprint density at radius 2 is 1.87 bits per heavy atom. The van der Waals surface area contributed by atoms with Gasteiger partial charge in [-0.3, -0.25) is 0 Å². The second-order valence-electron chi connectivity index (χ2n) is 2.88. The average molecular weight is 204 g/mol. The lowest BCUT2D eigenvalue weighted by Gasteiger charge is -2.18.